The van der Waals surface area contributed by atoms with Crippen LogP contribution in [0.3, 0.4) is 0 Å². The Labute approximate surface area is 204 Å². The summed E-state index contributed by atoms with van der Waals surface area (Å²) in [5.74, 6) is -1.98. The first kappa shape index (κ1) is 26.1. The van der Waals surface area contributed by atoms with Gasteiger partial charge in [0.15, 0.2) is 0 Å². The van der Waals surface area contributed by atoms with Crippen molar-refractivity contribution >= 4 is 23.5 Å². The molecule has 3 rings (SSSR count). The molecule has 2 N–H and O–H groups in total. The number of piperazine rings is 1. The predicted molar refractivity (Wildman–Crippen MR) is 128 cm³/mol. The molecule has 8 nitrogen and oxygen atoms in total. The molecule has 1 aliphatic heterocycles. The summed E-state index contributed by atoms with van der Waals surface area (Å²) in [6.07, 6.45) is 0. The van der Waals surface area contributed by atoms with Crippen LogP contribution >= 0.6 is 11.6 Å². The highest BCUT2D eigenvalue weighted by molar-refractivity contribution is 6.30. The molecule has 184 valence electrons. The van der Waals surface area contributed by atoms with Gasteiger partial charge in [0.2, 0.25) is 0 Å². The molecule has 0 unspecified atom stereocenters. The van der Waals surface area contributed by atoms with E-state index in [1.54, 1.807) is 0 Å². The van der Waals surface area contributed by atoms with E-state index in [2.05, 4.69) is 29.2 Å². The van der Waals surface area contributed by atoms with Gasteiger partial charge in [0, 0.05) is 18.1 Å². The van der Waals surface area contributed by atoms with E-state index >= 15 is 0 Å². The van der Waals surface area contributed by atoms with E-state index in [0.29, 0.717) is 35.8 Å². The molecule has 2 aromatic rings. The average molecular weight is 492 g/mol. The number of quaternary nitrogens is 1. The van der Waals surface area contributed by atoms with E-state index in [1.165, 1.54) is 11.1 Å². The van der Waals surface area contributed by atoms with Crippen LogP contribution in [0.1, 0.15) is 17.2 Å². The molecule has 1 atom stereocenters. The zero-order valence-electron chi connectivity index (χ0n) is 19.1. The van der Waals surface area contributed by atoms with E-state index < -0.39 is 11.9 Å². The first-order valence-electron chi connectivity index (χ1n) is 11.4. The number of halogens is 1. The molecular weight excluding hydrogens is 460 g/mol. The molecule has 34 heavy (non-hydrogen) atoms. The van der Waals surface area contributed by atoms with Gasteiger partial charge < -0.3 is 24.2 Å². The SMILES string of the molecule is O=C(O)COCC[N+]1(CCOCC(=O)O)CCN([C@H](c2ccccc2)c2ccc(Cl)cc2)CC1. The first-order valence-corrected chi connectivity index (χ1v) is 11.7. The largest absolute Gasteiger partial charge is 0.480 e. The lowest BCUT2D eigenvalue weighted by Crippen LogP contribution is -2.62. The van der Waals surface area contributed by atoms with Crippen LogP contribution in [0.5, 0.6) is 0 Å². The molecule has 0 aliphatic carbocycles. The van der Waals surface area contributed by atoms with Gasteiger partial charge in [0.1, 0.15) is 26.3 Å². The second-order valence-electron chi connectivity index (χ2n) is 8.53. The summed E-state index contributed by atoms with van der Waals surface area (Å²) in [5, 5.41) is 18.4. The first-order chi connectivity index (χ1) is 16.4. The smallest absolute Gasteiger partial charge is 0.329 e. The third-order valence-corrected chi connectivity index (χ3v) is 6.51. The van der Waals surface area contributed by atoms with Crippen molar-refractivity contribution in [2.75, 3.05) is 65.7 Å². The highest BCUT2D eigenvalue weighted by Crippen LogP contribution is 2.31. The lowest BCUT2D eigenvalue weighted by Gasteiger charge is -2.47. The number of ether oxygens (including phenoxy) is 2. The second kappa shape index (κ2) is 12.8. The van der Waals surface area contributed by atoms with Crippen molar-refractivity contribution in [1.29, 1.82) is 0 Å². The predicted octanol–water partition coefficient (Wildman–Crippen LogP) is 2.76. The number of rotatable bonds is 13. The lowest BCUT2D eigenvalue weighted by molar-refractivity contribution is -0.932. The van der Waals surface area contributed by atoms with Gasteiger partial charge in [-0.25, -0.2) is 9.59 Å². The van der Waals surface area contributed by atoms with Crippen molar-refractivity contribution in [3.8, 4) is 0 Å². The summed E-state index contributed by atoms with van der Waals surface area (Å²) in [6.45, 7) is 4.58. The zero-order chi connectivity index (χ0) is 24.4. The van der Waals surface area contributed by atoms with Gasteiger partial charge in [-0.3, -0.25) is 4.90 Å². The maximum Gasteiger partial charge on any atom is 0.329 e. The van der Waals surface area contributed by atoms with Crippen LogP contribution in [0.15, 0.2) is 54.6 Å². The summed E-state index contributed by atoms with van der Waals surface area (Å²) in [4.78, 5) is 24.0. The fourth-order valence-electron chi connectivity index (χ4n) is 4.45. The number of benzene rings is 2. The molecule has 9 heteroatoms. The molecule has 0 saturated carbocycles. The quantitative estimate of drug-likeness (QED) is 0.328. The highest BCUT2D eigenvalue weighted by Gasteiger charge is 2.36. The maximum atomic E-state index is 10.8. The molecule has 0 bridgehead atoms. The van der Waals surface area contributed by atoms with Crippen LogP contribution in [-0.2, 0) is 19.1 Å². The van der Waals surface area contributed by atoms with Crippen molar-refractivity contribution in [1.82, 2.24) is 4.90 Å². The Morgan fingerprint density at radius 2 is 1.35 bits per heavy atom. The Balaban J connectivity index is 1.71. The molecule has 2 aromatic carbocycles. The van der Waals surface area contributed by atoms with Crippen LogP contribution in [0.2, 0.25) is 5.02 Å². The van der Waals surface area contributed by atoms with Gasteiger partial charge in [-0.2, -0.15) is 0 Å². The molecule has 1 heterocycles. The highest BCUT2D eigenvalue weighted by atomic mass is 35.5. The fraction of sp³-hybridized carbons (Fsp3) is 0.440. The summed E-state index contributed by atoms with van der Waals surface area (Å²) in [5.41, 5.74) is 2.38. The number of nitrogens with zero attached hydrogens (tertiary/aromatic N) is 2. The Kier molecular flexibility index (Phi) is 9.86. The maximum absolute atomic E-state index is 10.8. The summed E-state index contributed by atoms with van der Waals surface area (Å²) in [6, 6.07) is 18.4. The monoisotopic (exact) mass is 491 g/mol. The third kappa shape index (κ3) is 7.78. The minimum atomic E-state index is -0.991. The zero-order valence-corrected chi connectivity index (χ0v) is 19.9. The van der Waals surface area contributed by atoms with E-state index in [1.807, 2.05) is 30.3 Å². The van der Waals surface area contributed by atoms with E-state index in [4.69, 9.17) is 31.3 Å². The van der Waals surface area contributed by atoms with Gasteiger partial charge in [0.25, 0.3) is 0 Å². The number of carboxylic acid groups (broad SMARTS) is 2. The summed E-state index contributed by atoms with van der Waals surface area (Å²) >= 11 is 6.13. The molecule has 0 amide bonds. The normalized spacial score (nSPS) is 16.7. The van der Waals surface area contributed by atoms with Crippen LogP contribution in [0, 0.1) is 0 Å². The van der Waals surface area contributed by atoms with Gasteiger partial charge in [-0.15, -0.1) is 0 Å². The van der Waals surface area contributed by atoms with Crippen molar-refractivity contribution in [3.63, 3.8) is 0 Å². The average Bonchev–Trinajstić information content (AvgIpc) is 2.83. The number of aliphatic carboxylic acids is 2. The molecule has 0 aromatic heterocycles. The van der Waals surface area contributed by atoms with Gasteiger partial charge in [0.05, 0.1) is 32.3 Å². The number of hydrogen-bond donors (Lipinski definition) is 2. The molecule has 1 aliphatic rings. The Bertz CT molecular complexity index is 893. The Morgan fingerprint density at radius 3 is 1.85 bits per heavy atom. The van der Waals surface area contributed by atoms with Crippen molar-refractivity contribution < 1.29 is 33.8 Å². The van der Waals surface area contributed by atoms with Gasteiger partial charge >= 0.3 is 11.9 Å². The van der Waals surface area contributed by atoms with Crippen molar-refractivity contribution in [3.05, 3.63) is 70.7 Å². The van der Waals surface area contributed by atoms with E-state index in [9.17, 15) is 9.59 Å². The van der Waals surface area contributed by atoms with Crippen LogP contribution < -0.4 is 0 Å². The summed E-state index contributed by atoms with van der Waals surface area (Å²) in [7, 11) is 0. The van der Waals surface area contributed by atoms with Gasteiger partial charge in [-0.05, 0) is 23.3 Å². The Morgan fingerprint density at radius 1 is 0.853 bits per heavy atom. The fourth-order valence-corrected chi connectivity index (χ4v) is 4.58. The van der Waals surface area contributed by atoms with Crippen LogP contribution in [0.4, 0.5) is 0 Å². The van der Waals surface area contributed by atoms with Gasteiger partial charge in [-0.1, -0.05) is 54.1 Å². The molecule has 1 fully saturated rings. The standard InChI is InChI=1S/C25H31ClN2O6/c26-22-8-6-21(7-9-22)25(20-4-2-1-3-5-20)27-10-12-28(13-11-27,14-16-33-18-23(29)30)15-17-34-19-24(31)32/h1-9,25H,10-19H2,(H-,29,30,31,32)/p+1/t25-/m1/s1. The summed E-state index contributed by atoms with van der Waals surface area (Å²) < 4.78 is 11.3. The molecular formula is C25H32ClN2O6+. The third-order valence-electron chi connectivity index (χ3n) is 6.26. The van der Waals surface area contributed by atoms with Crippen LogP contribution in [-0.4, -0.2) is 97.2 Å². The topological polar surface area (TPSA) is 96.3 Å². The molecule has 0 radical (unpaired) electrons. The van der Waals surface area contributed by atoms with E-state index in [-0.39, 0.29) is 19.3 Å². The van der Waals surface area contributed by atoms with Crippen molar-refractivity contribution in [2.45, 2.75) is 6.04 Å². The minimum absolute atomic E-state index is 0.0900. The molecule has 0 spiro atoms. The number of hydrogen-bond acceptors (Lipinski definition) is 5. The Hall–Kier alpha value is -2.49. The molecule has 1 saturated heterocycles. The van der Waals surface area contributed by atoms with E-state index in [0.717, 1.165) is 26.2 Å². The van der Waals surface area contributed by atoms with Crippen molar-refractivity contribution in [2.24, 2.45) is 0 Å². The number of carboxylic acids is 2. The lowest BCUT2D eigenvalue weighted by atomic mass is 9.96. The second-order valence-corrected chi connectivity index (χ2v) is 8.97. The van der Waals surface area contributed by atoms with Crippen LogP contribution in [0.25, 0.3) is 0 Å². The minimum Gasteiger partial charge on any atom is -0.480 e. The number of carbonyl (C=O) groups is 2.